The van der Waals surface area contributed by atoms with Crippen LogP contribution >= 0.6 is 0 Å². The highest BCUT2D eigenvalue weighted by Crippen LogP contribution is 2.37. The topological polar surface area (TPSA) is 52.0 Å². The predicted molar refractivity (Wildman–Crippen MR) is 88.2 cm³/mol. The third kappa shape index (κ3) is 3.17. The maximum atomic E-state index is 13.5. The molecule has 0 N–H and O–H groups in total. The van der Waals surface area contributed by atoms with E-state index in [0.29, 0.717) is 19.0 Å². The fraction of sp³-hybridized carbons (Fsp3) is 0.211. The summed E-state index contributed by atoms with van der Waals surface area (Å²) in [4.78, 5) is 12.8. The highest BCUT2D eigenvalue weighted by molar-refractivity contribution is 5.84. The lowest BCUT2D eigenvalue weighted by Crippen LogP contribution is -2.16. The maximum Gasteiger partial charge on any atom is 0.450 e. The van der Waals surface area contributed by atoms with Crippen LogP contribution in [0.5, 0.6) is 5.75 Å². The quantitative estimate of drug-likeness (QED) is 0.651. The fourth-order valence-corrected chi connectivity index (χ4v) is 2.68. The first kappa shape index (κ1) is 16.7. The van der Waals surface area contributed by atoms with Gasteiger partial charge in [-0.05, 0) is 17.7 Å². The largest absolute Gasteiger partial charge is 0.491 e. The molecule has 3 aromatic rings. The number of hydrogen-bond acceptors (Lipinski definition) is 4. The molecule has 0 amide bonds. The highest BCUT2D eigenvalue weighted by Gasteiger charge is 2.39. The third-order valence-corrected chi connectivity index (χ3v) is 4.02. The summed E-state index contributed by atoms with van der Waals surface area (Å²) in [6, 6.07) is 11.9. The molecule has 0 aliphatic carbocycles. The molecule has 4 nitrogen and oxygen atoms in total. The predicted octanol–water partition coefficient (Wildman–Crippen LogP) is 4.26. The number of ether oxygens (including phenoxy) is 2. The number of epoxide rings is 1. The van der Waals surface area contributed by atoms with Crippen molar-refractivity contribution in [2.75, 3.05) is 13.2 Å². The van der Waals surface area contributed by atoms with E-state index in [1.165, 1.54) is 30.3 Å². The van der Waals surface area contributed by atoms with E-state index in [9.17, 15) is 18.0 Å². The Morgan fingerprint density at radius 1 is 1.12 bits per heavy atom. The van der Waals surface area contributed by atoms with E-state index in [4.69, 9.17) is 13.9 Å². The number of halogens is 3. The Kier molecular flexibility index (Phi) is 3.96. The fourth-order valence-electron chi connectivity index (χ4n) is 2.68. The van der Waals surface area contributed by atoms with Gasteiger partial charge in [0.25, 0.3) is 0 Å². The van der Waals surface area contributed by atoms with Crippen molar-refractivity contribution in [3.05, 3.63) is 64.5 Å². The van der Waals surface area contributed by atoms with Crippen molar-refractivity contribution in [3.8, 4) is 16.9 Å². The van der Waals surface area contributed by atoms with Crippen LogP contribution in [0.1, 0.15) is 5.76 Å². The number of alkyl halides is 3. The summed E-state index contributed by atoms with van der Waals surface area (Å²) in [5.74, 6) is -0.999. The van der Waals surface area contributed by atoms with E-state index in [-0.39, 0.29) is 22.6 Å². The smallest absolute Gasteiger partial charge is 0.450 e. The molecule has 1 saturated heterocycles. The van der Waals surface area contributed by atoms with Gasteiger partial charge in [0.2, 0.25) is 11.2 Å². The van der Waals surface area contributed by atoms with Crippen LogP contribution in [-0.2, 0) is 10.9 Å². The van der Waals surface area contributed by atoms with E-state index in [2.05, 4.69) is 0 Å². The molecule has 1 atom stereocenters. The van der Waals surface area contributed by atoms with Crippen molar-refractivity contribution in [2.24, 2.45) is 0 Å². The molecule has 1 fully saturated rings. The Bertz CT molecular complexity index is 1000. The molecule has 1 aromatic heterocycles. The van der Waals surface area contributed by atoms with Gasteiger partial charge in [-0.15, -0.1) is 0 Å². The van der Waals surface area contributed by atoms with Gasteiger partial charge in [-0.3, -0.25) is 4.79 Å². The van der Waals surface area contributed by atoms with E-state index in [0.717, 1.165) is 0 Å². The van der Waals surface area contributed by atoms with Gasteiger partial charge < -0.3 is 13.9 Å². The van der Waals surface area contributed by atoms with Gasteiger partial charge in [0, 0.05) is 6.07 Å². The van der Waals surface area contributed by atoms with E-state index < -0.39 is 22.9 Å². The average molecular weight is 362 g/mol. The zero-order valence-corrected chi connectivity index (χ0v) is 13.4. The summed E-state index contributed by atoms with van der Waals surface area (Å²) in [7, 11) is 0. The monoisotopic (exact) mass is 362 g/mol. The Morgan fingerprint density at radius 2 is 1.85 bits per heavy atom. The van der Waals surface area contributed by atoms with Crippen LogP contribution in [0.15, 0.2) is 57.7 Å². The van der Waals surface area contributed by atoms with Crippen LogP contribution in [0.2, 0.25) is 0 Å². The molecule has 0 bridgehead atoms. The van der Waals surface area contributed by atoms with Crippen molar-refractivity contribution < 1.29 is 27.1 Å². The van der Waals surface area contributed by atoms with Crippen LogP contribution in [-0.4, -0.2) is 19.3 Å². The molecular formula is C19H13F3O4. The maximum absolute atomic E-state index is 13.5. The van der Waals surface area contributed by atoms with Gasteiger partial charge in [0.15, 0.2) is 0 Å². The number of hydrogen-bond donors (Lipinski definition) is 0. The average Bonchev–Trinajstić information content (AvgIpc) is 3.44. The van der Waals surface area contributed by atoms with Crippen molar-refractivity contribution >= 4 is 11.0 Å². The SMILES string of the molecule is O=c1c(-c2ccccc2)c(C(F)(F)F)oc2cc(OCC3CO3)ccc12. The summed E-state index contributed by atoms with van der Waals surface area (Å²) in [5, 5.41) is 0.0619. The summed E-state index contributed by atoms with van der Waals surface area (Å²) in [5.41, 5.74) is -1.24. The molecule has 1 unspecified atom stereocenters. The van der Waals surface area contributed by atoms with Crippen molar-refractivity contribution in [1.82, 2.24) is 0 Å². The summed E-state index contributed by atoms with van der Waals surface area (Å²) < 4.78 is 56.2. The minimum Gasteiger partial charge on any atom is -0.491 e. The van der Waals surface area contributed by atoms with Crippen LogP contribution < -0.4 is 10.2 Å². The third-order valence-electron chi connectivity index (χ3n) is 4.02. The first-order chi connectivity index (χ1) is 12.4. The molecule has 2 heterocycles. The normalized spacial score (nSPS) is 16.7. The molecule has 134 valence electrons. The van der Waals surface area contributed by atoms with Crippen molar-refractivity contribution in [2.45, 2.75) is 12.3 Å². The number of fused-ring (bicyclic) bond motifs is 1. The van der Waals surface area contributed by atoms with Gasteiger partial charge in [-0.1, -0.05) is 30.3 Å². The first-order valence-corrected chi connectivity index (χ1v) is 7.91. The van der Waals surface area contributed by atoms with E-state index in [1.54, 1.807) is 18.2 Å². The molecule has 26 heavy (non-hydrogen) atoms. The van der Waals surface area contributed by atoms with E-state index >= 15 is 0 Å². The molecule has 0 saturated carbocycles. The van der Waals surface area contributed by atoms with Crippen LogP contribution in [0.4, 0.5) is 13.2 Å². The van der Waals surface area contributed by atoms with Crippen LogP contribution in [0, 0.1) is 0 Å². The lowest BCUT2D eigenvalue weighted by molar-refractivity contribution is -0.152. The molecule has 1 aliphatic heterocycles. The second kappa shape index (κ2) is 6.17. The van der Waals surface area contributed by atoms with Gasteiger partial charge in [0.1, 0.15) is 24.0 Å². The molecule has 0 spiro atoms. The lowest BCUT2D eigenvalue weighted by Gasteiger charge is -2.13. The standard InChI is InChI=1S/C19H13F3O4/c20-19(21,22)18-16(11-4-2-1-3-5-11)17(23)14-7-6-12(8-15(14)26-18)24-9-13-10-25-13/h1-8,13H,9-10H2. The van der Waals surface area contributed by atoms with Crippen molar-refractivity contribution in [3.63, 3.8) is 0 Å². The minimum absolute atomic E-state index is 0.00361. The van der Waals surface area contributed by atoms with Gasteiger partial charge in [-0.2, -0.15) is 13.2 Å². The Labute approximate surface area is 145 Å². The Hall–Kier alpha value is -2.80. The molecule has 2 aromatic carbocycles. The molecule has 7 heteroatoms. The zero-order valence-electron chi connectivity index (χ0n) is 13.4. The van der Waals surface area contributed by atoms with E-state index in [1.807, 2.05) is 0 Å². The second-order valence-corrected chi connectivity index (χ2v) is 5.92. The second-order valence-electron chi connectivity index (χ2n) is 5.92. The molecule has 1 aliphatic rings. The Balaban J connectivity index is 1.89. The van der Waals surface area contributed by atoms with Gasteiger partial charge in [-0.25, -0.2) is 0 Å². The minimum atomic E-state index is -4.81. The highest BCUT2D eigenvalue weighted by atomic mass is 19.4. The molecular weight excluding hydrogens is 349 g/mol. The van der Waals surface area contributed by atoms with Gasteiger partial charge >= 0.3 is 6.18 Å². The summed E-state index contributed by atoms with van der Waals surface area (Å²) in [6.45, 7) is 0.894. The summed E-state index contributed by atoms with van der Waals surface area (Å²) in [6.07, 6.45) is -4.80. The summed E-state index contributed by atoms with van der Waals surface area (Å²) >= 11 is 0. The zero-order chi connectivity index (χ0) is 18.3. The first-order valence-electron chi connectivity index (χ1n) is 7.91. The lowest BCUT2D eigenvalue weighted by atomic mass is 10.0. The Morgan fingerprint density at radius 3 is 2.50 bits per heavy atom. The number of rotatable bonds is 4. The van der Waals surface area contributed by atoms with Crippen LogP contribution in [0.3, 0.4) is 0 Å². The van der Waals surface area contributed by atoms with Crippen LogP contribution in [0.25, 0.3) is 22.1 Å². The van der Waals surface area contributed by atoms with Gasteiger partial charge in [0.05, 0.1) is 17.6 Å². The molecule has 4 rings (SSSR count). The number of benzene rings is 2. The van der Waals surface area contributed by atoms with Crippen molar-refractivity contribution in [1.29, 1.82) is 0 Å². The molecule has 0 radical (unpaired) electrons.